The van der Waals surface area contributed by atoms with Gasteiger partial charge >= 0.3 is 0 Å². The molecule has 0 aromatic carbocycles. The Morgan fingerprint density at radius 2 is 0.941 bits per heavy atom. The summed E-state index contributed by atoms with van der Waals surface area (Å²) < 4.78 is 12.0. The van der Waals surface area contributed by atoms with Crippen molar-refractivity contribution in [2.24, 2.45) is 11.8 Å². The minimum Gasteiger partial charge on any atom is -0.501 e. The van der Waals surface area contributed by atoms with Gasteiger partial charge in [0.15, 0.2) is 0 Å². The second-order valence-corrected chi connectivity index (χ2v) is 11.8. The van der Waals surface area contributed by atoms with Crippen LogP contribution < -0.4 is 0 Å². The molecule has 0 aromatic heterocycles. The summed E-state index contributed by atoms with van der Waals surface area (Å²) in [5, 5.41) is 0. The van der Waals surface area contributed by atoms with E-state index < -0.39 is 0 Å². The molecular weight excluding hydrogens is 420 g/mol. The lowest BCUT2D eigenvalue weighted by molar-refractivity contribution is 0.0772. The third-order valence-corrected chi connectivity index (χ3v) is 9.94. The van der Waals surface area contributed by atoms with Crippen LogP contribution in [0.1, 0.15) is 103 Å². The third-order valence-electron chi connectivity index (χ3n) is 9.94. The first kappa shape index (κ1) is 24.7. The van der Waals surface area contributed by atoms with Crippen LogP contribution in [-0.4, -0.2) is 62.3 Å². The number of nitrogens with zero attached hydrogens (tertiary/aromatic N) is 2. The summed E-state index contributed by atoms with van der Waals surface area (Å²) in [5.41, 5.74) is 3.38. The zero-order chi connectivity index (χ0) is 23.3. The van der Waals surface area contributed by atoms with E-state index in [9.17, 15) is 0 Å². The SMILES string of the molecule is COC1=C2CCCCC[C@H]3CCCN4CCC(OC)=C(CCCCC[C@@H]5CCCN(CC1)[C@H]25)[C@@H]34. The lowest BCUT2D eigenvalue weighted by Gasteiger charge is -2.47. The Kier molecular flexibility index (Phi) is 8.58. The highest BCUT2D eigenvalue weighted by atomic mass is 16.5. The molecule has 0 spiro atoms. The molecule has 0 bridgehead atoms. The molecule has 4 nitrogen and oxygen atoms in total. The van der Waals surface area contributed by atoms with Crippen LogP contribution in [0, 0.1) is 11.8 Å². The summed E-state index contributed by atoms with van der Waals surface area (Å²) in [5.74, 6) is 4.37. The molecule has 1 aliphatic carbocycles. The highest BCUT2D eigenvalue weighted by Crippen LogP contribution is 2.42. The molecule has 2 saturated heterocycles. The summed E-state index contributed by atoms with van der Waals surface area (Å²) in [6, 6.07) is 1.34. The molecule has 5 aliphatic rings. The average Bonchev–Trinajstić information content (AvgIpc) is 2.87. The van der Waals surface area contributed by atoms with Crippen molar-refractivity contribution in [1.82, 2.24) is 9.80 Å². The van der Waals surface area contributed by atoms with E-state index in [0.29, 0.717) is 12.1 Å². The Balaban J connectivity index is 1.34. The highest BCUT2D eigenvalue weighted by molar-refractivity contribution is 5.23. The summed E-state index contributed by atoms with van der Waals surface area (Å²) in [6.45, 7) is 5.02. The van der Waals surface area contributed by atoms with Crippen molar-refractivity contribution in [3.63, 3.8) is 0 Å². The molecule has 4 heterocycles. The fraction of sp³-hybridized carbons (Fsp3) is 0.867. The molecule has 0 radical (unpaired) electrons. The van der Waals surface area contributed by atoms with Crippen LogP contribution in [0.25, 0.3) is 0 Å². The largest absolute Gasteiger partial charge is 0.501 e. The molecule has 5 rings (SSSR count). The van der Waals surface area contributed by atoms with Gasteiger partial charge in [-0.25, -0.2) is 0 Å². The molecule has 4 heteroatoms. The van der Waals surface area contributed by atoms with Gasteiger partial charge in [0.25, 0.3) is 0 Å². The van der Waals surface area contributed by atoms with Crippen LogP contribution in [0.5, 0.6) is 0 Å². The van der Waals surface area contributed by atoms with Crippen LogP contribution in [-0.2, 0) is 9.47 Å². The Morgan fingerprint density at radius 3 is 1.38 bits per heavy atom. The molecular formula is C30H50N2O2. The van der Waals surface area contributed by atoms with Crippen LogP contribution in [0.15, 0.2) is 22.7 Å². The quantitative estimate of drug-likeness (QED) is 0.450. The zero-order valence-electron chi connectivity index (χ0n) is 22.2. The van der Waals surface area contributed by atoms with Crippen molar-refractivity contribution in [2.75, 3.05) is 40.4 Å². The molecule has 4 atom stereocenters. The number of piperidine rings is 2. The van der Waals surface area contributed by atoms with E-state index in [1.54, 1.807) is 11.1 Å². The molecule has 34 heavy (non-hydrogen) atoms. The maximum atomic E-state index is 6.00. The second-order valence-electron chi connectivity index (χ2n) is 11.8. The minimum absolute atomic E-state index is 0.669. The number of ether oxygens (including phenoxy) is 2. The second kappa shape index (κ2) is 11.8. The monoisotopic (exact) mass is 470 g/mol. The molecule has 1 saturated carbocycles. The number of rotatable bonds is 2. The van der Waals surface area contributed by atoms with E-state index in [2.05, 4.69) is 9.80 Å². The molecule has 0 N–H and O–H groups in total. The van der Waals surface area contributed by atoms with Crippen molar-refractivity contribution >= 4 is 0 Å². The van der Waals surface area contributed by atoms with Crippen LogP contribution in [0.2, 0.25) is 0 Å². The Hall–Kier alpha value is -1.00. The maximum Gasteiger partial charge on any atom is 0.0976 e. The number of hydrogen-bond donors (Lipinski definition) is 0. The van der Waals surface area contributed by atoms with Crippen LogP contribution in [0.4, 0.5) is 0 Å². The normalized spacial score (nSPS) is 34.9. The topological polar surface area (TPSA) is 24.9 Å². The Labute approximate surface area is 209 Å². The molecule has 3 fully saturated rings. The third kappa shape index (κ3) is 5.24. The number of hydrogen-bond acceptors (Lipinski definition) is 4. The summed E-state index contributed by atoms with van der Waals surface area (Å²) >= 11 is 0. The minimum atomic E-state index is 0.669. The van der Waals surface area contributed by atoms with E-state index in [1.807, 2.05) is 14.2 Å². The maximum absolute atomic E-state index is 6.00. The van der Waals surface area contributed by atoms with E-state index in [-0.39, 0.29) is 0 Å². The van der Waals surface area contributed by atoms with E-state index in [4.69, 9.17) is 9.47 Å². The van der Waals surface area contributed by atoms with E-state index >= 15 is 0 Å². The van der Waals surface area contributed by atoms with Crippen molar-refractivity contribution in [3.8, 4) is 0 Å². The van der Waals surface area contributed by atoms with Crippen molar-refractivity contribution in [3.05, 3.63) is 22.7 Å². The van der Waals surface area contributed by atoms with Gasteiger partial charge < -0.3 is 9.47 Å². The van der Waals surface area contributed by atoms with Crippen molar-refractivity contribution in [2.45, 2.75) is 115 Å². The van der Waals surface area contributed by atoms with Crippen LogP contribution >= 0.6 is 0 Å². The van der Waals surface area contributed by atoms with Gasteiger partial charge in [0.05, 0.1) is 25.7 Å². The summed E-state index contributed by atoms with van der Waals surface area (Å²) in [6.07, 6.45) is 21.4. The van der Waals surface area contributed by atoms with Gasteiger partial charge in [0.1, 0.15) is 0 Å². The lowest BCUT2D eigenvalue weighted by Crippen LogP contribution is -2.49. The van der Waals surface area contributed by atoms with Gasteiger partial charge in [0.2, 0.25) is 0 Å². The first-order chi connectivity index (χ1) is 16.8. The first-order valence-corrected chi connectivity index (χ1v) is 14.8. The van der Waals surface area contributed by atoms with Gasteiger partial charge in [0, 0.05) is 38.0 Å². The molecule has 0 aromatic rings. The van der Waals surface area contributed by atoms with Gasteiger partial charge in [-0.1, -0.05) is 25.7 Å². The first-order valence-electron chi connectivity index (χ1n) is 14.8. The molecule has 4 aliphatic heterocycles. The van der Waals surface area contributed by atoms with Crippen LogP contribution in [0.3, 0.4) is 0 Å². The fourth-order valence-electron chi connectivity index (χ4n) is 8.40. The standard InChI is InChI=1S/C30H50N2O2/c1-33-27-17-21-31-19-9-13-23-11-6-4-8-16-26-28(34-2)18-22-32-20-10-14-24(30(26)32)12-5-3-7-15-25(27)29(23)31/h23-24,29-30H,3-22H2,1-2H3/t23-,24+,29+,30-. The van der Waals surface area contributed by atoms with Crippen molar-refractivity contribution < 1.29 is 9.47 Å². The van der Waals surface area contributed by atoms with E-state index in [1.165, 1.54) is 128 Å². The smallest absolute Gasteiger partial charge is 0.0976 e. The lowest BCUT2D eigenvalue weighted by atomic mass is 9.75. The van der Waals surface area contributed by atoms with Gasteiger partial charge in [-0.05, 0) is 100 Å². The predicted molar refractivity (Wildman–Crippen MR) is 140 cm³/mol. The predicted octanol–water partition coefficient (Wildman–Crippen LogP) is 6.67. The Morgan fingerprint density at radius 1 is 0.500 bits per heavy atom. The molecule has 192 valence electrons. The summed E-state index contributed by atoms with van der Waals surface area (Å²) in [4.78, 5) is 5.65. The molecule has 0 unspecified atom stereocenters. The van der Waals surface area contributed by atoms with Gasteiger partial charge in [-0.3, -0.25) is 9.80 Å². The molecule has 0 amide bonds. The Bertz CT molecular complexity index is 682. The average molecular weight is 471 g/mol. The van der Waals surface area contributed by atoms with Gasteiger partial charge in [-0.2, -0.15) is 0 Å². The van der Waals surface area contributed by atoms with Crippen molar-refractivity contribution in [1.29, 1.82) is 0 Å². The number of methoxy groups -OCH3 is 2. The van der Waals surface area contributed by atoms with Gasteiger partial charge in [-0.15, -0.1) is 0 Å². The summed E-state index contributed by atoms with van der Waals surface area (Å²) in [7, 11) is 3.85. The highest BCUT2D eigenvalue weighted by Gasteiger charge is 2.39. The zero-order valence-corrected chi connectivity index (χ0v) is 22.2. The fourth-order valence-corrected chi connectivity index (χ4v) is 8.40. The van der Waals surface area contributed by atoms with E-state index in [0.717, 1.165) is 24.7 Å².